The van der Waals surface area contributed by atoms with Crippen LogP contribution >= 0.6 is 11.6 Å². The summed E-state index contributed by atoms with van der Waals surface area (Å²) in [5, 5.41) is 15.9. The fourth-order valence-electron chi connectivity index (χ4n) is 2.35. The molecular formula is C15H14ClN5O2. The molecule has 118 valence electrons. The second kappa shape index (κ2) is 6.62. The molecule has 0 bridgehead atoms. The van der Waals surface area contributed by atoms with E-state index in [0.29, 0.717) is 5.02 Å². The number of hydrogen-bond acceptors (Lipinski definition) is 5. The quantitative estimate of drug-likeness (QED) is 0.554. The largest absolute Gasteiger partial charge is 0.378 e. The topological polar surface area (TPSA) is 85.9 Å². The number of pyridine rings is 1. The zero-order chi connectivity index (χ0) is 16.2. The zero-order valence-electron chi connectivity index (χ0n) is 12.1. The molecule has 3 aromatic rings. The lowest BCUT2D eigenvalue weighted by atomic mass is 10.2. The number of fused-ring (bicyclic) bond motifs is 1. The van der Waals surface area contributed by atoms with Crippen LogP contribution < -0.4 is 5.32 Å². The van der Waals surface area contributed by atoms with E-state index >= 15 is 0 Å². The monoisotopic (exact) mass is 331 g/mol. The molecule has 0 spiro atoms. The molecule has 1 aromatic carbocycles. The third kappa shape index (κ3) is 3.57. The molecule has 1 N–H and O–H groups in total. The highest BCUT2D eigenvalue weighted by Gasteiger charge is 2.20. The normalized spacial score (nSPS) is 12.2. The van der Waals surface area contributed by atoms with E-state index in [-0.39, 0.29) is 18.0 Å². The Kier molecular flexibility index (Phi) is 4.38. The van der Waals surface area contributed by atoms with Crippen molar-refractivity contribution in [1.29, 1.82) is 0 Å². The lowest BCUT2D eigenvalue weighted by Crippen LogP contribution is -2.32. The van der Waals surface area contributed by atoms with Crippen molar-refractivity contribution in [3.63, 3.8) is 0 Å². The first-order chi connectivity index (χ1) is 11.1. The van der Waals surface area contributed by atoms with Crippen molar-refractivity contribution in [1.82, 2.24) is 14.5 Å². The van der Waals surface area contributed by atoms with Crippen LogP contribution in [0.2, 0.25) is 5.02 Å². The molecule has 1 atom stereocenters. The maximum Gasteiger partial charge on any atom is 0.247 e. The van der Waals surface area contributed by atoms with E-state index in [2.05, 4.69) is 15.3 Å². The van der Waals surface area contributed by atoms with Gasteiger partial charge in [0.25, 0.3) is 0 Å². The van der Waals surface area contributed by atoms with Gasteiger partial charge in [-0.15, -0.1) is 0 Å². The van der Waals surface area contributed by atoms with Crippen molar-refractivity contribution in [3.8, 4) is 0 Å². The van der Waals surface area contributed by atoms with Gasteiger partial charge < -0.3 is 9.88 Å². The molecule has 0 aliphatic carbocycles. The van der Waals surface area contributed by atoms with Gasteiger partial charge >= 0.3 is 0 Å². The zero-order valence-corrected chi connectivity index (χ0v) is 12.8. The van der Waals surface area contributed by atoms with E-state index in [1.807, 2.05) is 6.07 Å². The molecule has 0 fully saturated rings. The number of rotatable bonds is 6. The van der Waals surface area contributed by atoms with Gasteiger partial charge in [-0.25, -0.2) is 4.98 Å². The van der Waals surface area contributed by atoms with Crippen LogP contribution in [0.3, 0.4) is 0 Å². The molecule has 23 heavy (non-hydrogen) atoms. The molecule has 0 saturated carbocycles. The van der Waals surface area contributed by atoms with Crippen LogP contribution in [0.1, 0.15) is 0 Å². The van der Waals surface area contributed by atoms with E-state index in [1.54, 1.807) is 47.7 Å². The number of nitro groups is 1. The number of halogens is 1. The first kappa shape index (κ1) is 15.2. The highest BCUT2D eigenvalue weighted by Crippen LogP contribution is 2.24. The number of hydrogen-bond donors (Lipinski definition) is 1. The highest BCUT2D eigenvalue weighted by molar-refractivity contribution is 6.31. The fraction of sp³-hybridized carbons (Fsp3) is 0.200. The minimum atomic E-state index is -0.764. The van der Waals surface area contributed by atoms with Crippen LogP contribution in [0.5, 0.6) is 0 Å². The van der Waals surface area contributed by atoms with Crippen molar-refractivity contribution in [2.75, 3.05) is 11.9 Å². The van der Waals surface area contributed by atoms with Gasteiger partial charge in [-0.3, -0.25) is 15.1 Å². The van der Waals surface area contributed by atoms with E-state index in [4.69, 9.17) is 11.6 Å². The lowest BCUT2D eigenvalue weighted by Gasteiger charge is -2.13. The smallest absolute Gasteiger partial charge is 0.247 e. The minimum absolute atomic E-state index is 0.201. The minimum Gasteiger partial charge on any atom is -0.378 e. The van der Waals surface area contributed by atoms with Crippen molar-refractivity contribution in [2.45, 2.75) is 12.6 Å². The van der Waals surface area contributed by atoms with Crippen LogP contribution in [-0.2, 0) is 6.54 Å². The van der Waals surface area contributed by atoms with E-state index in [9.17, 15) is 10.1 Å². The molecule has 2 aromatic heterocycles. The van der Waals surface area contributed by atoms with Gasteiger partial charge in [0.2, 0.25) is 6.04 Å². The summed E-state index contributed by atoms with van der Waals surface area (Å²) in [4.78, 5) is 19.1. The molecule has 0 aliphatic rings. The first-order valence-electron chi connectivity index (χ1n) is 7.01. The van der Waals surface area contributed by atoms with Gasteiger partial charge in [0.1, 0.15) is 0 Å². The average molecular weight is 332 g/mol. The van der Waals surface area contributed by atoms with E-state index < -0.39 is 6.04 Å². The lowest BCUT2D eigenvalue weighted by molar-refractivity contribution is -0.520. The molecule has 0 aliphatic heterocycles. The molecule has 7 nitrogen and oxygen atoms in total. The summed E-state index contributed by atoms with van der Waals surface area (Å²) in [6.45, 7) is 0.460. The number of aromatic nitrogens is 3. The predicted octanol–water partition coefficient (Wildman–Crippen LogP) is 2.84. The second-order valence-corrected chi connectivity index (χ2v) is 5.54. The maximum absolute atomic E-state index is 11.3. The molecule has 0 saturated heterocycles. The van der Waals surface area contributed by atoms with Crippen molar-refractivity contribution in [2.24, 2.45) is 0 Å². The summed E-state index contributed by atoms with van der Waals surface area (Å²) in [5.74, 6) is 0. The van der Waals surface area contributed by atoms with Gasteiger partial charge in [-0.2, -0.15) is 0 Å². The Balaban J connectivity index is 1.77. The molecule has 3 rings (SSSR count). The predicted molar refractivity (Wildman–Crippen MR) is 88.3 cm³/mol. The Morgan fingerprint density at radius 2 is 2.22 bits per heavy atom. The van der Waals surface area contributed by atoms with Gasteiger partial charge in [0.15, 0.2) is 0 Å². The SMILES string of the molecule is O=[N+]([O-])C(CNc1ccnc2cc(Cl)ccc12)Cn1ccnc1. The van der Waals surface area contributed by atoms with Gasteiger partial charge in [-0.1, -0.05) is 11.6 Å². The van der Waals surface area contributed by atoms with Crippen LogP contribution in [-0.4, -0.2) is 32.0 Å². The summed E-state index contributed by atoms with van der Waals surface area (Å²) in [6, 6.07) is 6.42. The average Bonchev–Trinajstić information content (AvgIpc) is 3.03. The molecule has 0 radical (unpaired) electrons. The second-order valence-electron chi connectivity index (χ2n) is 5.10. The summed E-state index contributed by atoms with van der Waals surface area (Å²) < 4.78 is 1.69. The Labute approximate surface area is 137 Å². The Morgan fingerprint density at radius 3 is 2.96 bits per heavy atom. The summed E-state index contributed by atoms with van der Waals surface area (Å²) in [7, 11) is 0. The third-order valence-electron chi connectivity index (χ3n) is 3.51. The van der Waals surface area contributed by atoms with Crippen LogP contribution in [0.15, 0.2) is 49.2 Å². The summed E-state index contributed by atoms with van der Waals surface area (Å²) >= 11 is 5.96. The third-order valence-corrected chi connectivity index (χ3v) is 3.75. The Bertz CT molecular complexity index is 822. The molecule has 2 heterocycles. The summed E-state index contributed by atoms with van der Waals surface area (Å²) in [6.07, 6.45) is 6.53. The van der Waals surface area contributed by atoms with Crippen molar-refractivity contribution < 1.29 is 4.92 Å². The Hall–Kier alpha value is -2.67. The number of benzene rings is 1. The molecular weight excluding hydrogens is 318 g/mol. The van der Waals surface area contributed by atoms with Crippen LogP contribution in [0, 0.1) is 10.1 Å². The van der Waals surface area contributed by atoms with E-state index in [0.717, 1.165) is 16.6 Å². The van der Waals surface area contributed by atoms with Crippen molar-refractivity contribution in [3.05, 3.63) is 64.3 Å². The number of imidazole rings is 1. The fourth-order valence-corrected chi connectivity index (χ4v) is 2.51. The van der Waals surface area contributed by atoms with Crippen molar-refractivity contribution >= 4 is 28.2 Å². The number of nitrogens with zero attached hydrogens (tertiary/aromatic N) is 4. The summed E-state index contributed by atoms with van der Waals surface area (Å²) in [5.41, 5.74) is 1.54. The standard InChI is InChI=1S/C15H14ClN5O2/c16-11-1-2-13-14(3-4-18-15(13)7-11)19-8-12(21(22)23)9-20-6-5-17-10-20/h1-7,10,12H,8-9H2,(H,18,19). The number of anilines is 1. The first-order valence-corrected chi connectivity index (χ1v) is 7.38. The molecule has 0 amide bonds. The molecule has 8 heteroatoms. The maximum atomic E-state index is 11.3. The van der Waals surface area contributed by atoms with E-state index in [1.165, 1.54) is 0 Å². The highest BCUT2D eigenvalue weighted by atomic mass is 35.5. The van der Waals surface area contributed by atoms with Gasteiger partial charge in [0.05, 0.1) is 24.9 Å². The van der Waals surface area contributed by atoms with Crippen LogP contribution in [0.25, 0.3) is 10.9 Å². The molecule has 1 unspecified atom stereocenters. The van der Waals surface area contributed by atoms with Gasteiger partial charge in [0, 0.05) is 39.6 Å². The van der Waals surface area contributed by atoms with Gasteiger partial charge in [-0.05, 0) is 24.3 Å². The number of nitrogens with one attached hydrogen (secondary N) is 1. The Morgan fingerprint density at radius 1 is 1.35 bits per heavy atom. The van der Waals surface area contributed by atoms with Crippen LogP contribution in [0.4, 0.5) is 5.69 Å².